The van der Waals surface area contributed by atoms with Gasteiger partial charge in [-0.15, -0.1) is 11.8 Å². The zero-order valence-electron chi connectivity index (χ0n) is 11.7. The van der Waals surface area contributed by atoms with Crippen molar-refractivity contribution in [3.05, 3.63) is 11.4 Å². The van der Waals surface area contributed by atoms with Gasteiger partial charge >= 0.3 is 0 Å². The molecule has 0 aromatic heterocycles. The summed E-state index contributed by atoms with van der Waals surface area (Å²) in [4.78, 5) is 24.9. The molecule has 2 N–H and O–H groups in total. The van der Waals surface area contributed by atoms with Crippen molar-refractivity contribution in [2.75, 3.05) is 20.1 Å². The highest BCUT2D eigenvalue weighted by atomic mass is 32.2. The molecule has 20 heavy (non-hydrogen) atoms. The molecule has 110 valence electrons. The van der Waals surface area contributed by atoms with Gasteiger partial charge in [0, 0.05) is 12.8 Å². The second-order valence-corrected chi connectivity index (χ2v) is 7.44. The number of rotatable bonds is 2. The van der Waals surface area contributed by atoms with Gasteiger partial charge in [-0.05, 0) is 6.92 Å². The summed E-state index contributed by atoms with van der Waals surface area (Å²) in [7, 11) is 2.05. The molecular formula is C13H19N3O3S. The fourth-order valence-corrected chi connectivity index (χ4v) is 5.16. The van der Waals surface area contributed by atoms with Gasteiger partial charge in [-0.25, -0.2) is 0 Å². The second-order valence-electron chi connectivity index (χ2n) is 5.97. The van der Waals surface area contributed by atoms with Crippen LogP contribution in [-0.2, 0) is 9.59 Å². The van der Waals surface area contributed by atoms with Crippen LogP contribution in [-0.4, -0.2) is 58.1 Å². The van der Waals surface area contributed by atoms with Crippen molar-refractivity contribution in [1.29, 1.82) is 0 Å². The molecule has 0 spiro atoms. The smallest absolute Gasteiger partial charge is 0.248 e. The number of carbonyl (C=O) groups is 2. The number of thioether (sulfide) groups is 1. The molecule has 3 atom stereocenters. The van der Waals surface area contributed by atoms with E-state index in [9.17, 15) is 14.7 Å². The number of nitrogens with two attached hydrogens (primary N) is 1. The fourth-order valence-electron chi connectivity index (χ4n) is 3.63. The van der Waals surface area contributed by atoms with Gasteiger partial charge in [0.1, 0.15) is 22.8 Å². The van der Waals surface area contributed by atoms with Crippen molar-refractivity contribution >= 4 is 23.6 Å². The third-order valence-electron chi connectivity index (χ3n) is 4.62. The number of nitrogens with zero attached hydrogens (tertiary/aromatic N) is 2. The molecule has 1 unspecified atom stereocenters. The largest absolute Gasteiger partial charge is 0.543 e. The van der Waals surface area contributed by atoms with Gasteiger partial charge in [-0.1, -0.05) is 0 Å². The Morgan fingerprint density at radius 1 is 1.45 bits per heavy atom. The molecule has 3 rings (SSSR count). The molecule has 3 aliphatic heterocycles. The minimum Gasteiger partial charge on any atom is -0.543 e. The number of carboxylic acids is 1. The van der Waals surface area contributed by atoms with E-state index < -0.39 is 12.0 Å². The first kappa shape index (κ1) is 13.9. The predicted molar refractivity (Wildman–Crippen MR) is 72.8 cm³/mol. The zero-order chi connectivity index (χ0) is 14.7. The van der Waals surface area contributed by atoms with Crippen LogP contribution < -0.4 is 10.8 Å². The number of amides is 1. The first-order valence-electron chi connectivity index (χ1n) is 6.91. The molecule has 0 radical (unpaired) electrons. The minimum atomic E-state index is -1.26. The van der Waals surface area contributed by atoms with Crippen LogP contribution in [0, 0.1) is 0 Å². The number of likely N-dealkylation sites (tertiary alicyclic amines) is 1. The highest BCUT2D eigenvalue weighted by Crippen LogP contribution is 2.46. The van der Waals surface area contributed by atoms with Crippen LogP contribution in [0.1, 0.15) is 19.8 Å². The van der Waals surface area contributed by atoms with Crippen LogP contribution in [0.25, 0.3) is 0 Å². The van der Waals surface area contributed by atoms with E-state index in [1.54, 1.807) is 11.8 Å². The summed E-state index contributed by atoms with van der Waals surface area (Å²) in [5.41, 5.74) is 6.66. The van der Waals surface area contributed by atoms with E-state index in [0.29, 0.717) is 4.48 Å². The molecule has 0 aromatic carbocycles. The van der Waals surface area contributed by atoms with Crippen molar-refractivity contribution in [2.45, 2.75) is 36.4 Å². The highest BCUT2D eigenvalue weighted by Gasteiger charge is 2.55. The molecule has 0 saturated carbocycles. The molecule has 3 heterocycles. The quantitative estimate of drug-likeness (QED) is 0.512. The van der Waals surface area contributed by atoms with Crippen LogP contribution in [0.4, 0.5) is 0 Å². The van der Waals surface area contributed by atoms with Gasteiger partial charge < -0.3 is 15.6 Å². The van der Waals surface area contributed by atoms with Gasteiger partial charge in [0.05, 0.1) is 31.4 Å². The van der Waals surface area contributed by atoms with Crippen molar-refractivity contribution in [3.63, 3.8) is 0 Å². The molecule has 2 fully saturated rings. The molecule has 6 nitrogen and oxygen atoms in total. The Morgan fingerprint density at radius 2 is 2.05 bits per heavy atom. The van der Waals surface area contributed by atoms with E-state index in [0.717, 1.165) is 31.6 Å². The molecular weight excluding hydrogens is 278 g/mol. The van der Waals surface area contributed by atoms with E-state index in [1.807, 2.05) is 14.0 Å². The van der Waals surface area contributed by atoms with Crippen LogP contribution in [0.3, 0.4) is 0 Å². The van der Waals surface area contributed by atoms with Gasteiger partial charge in [0.15, 0.2) is 0 Å². The van der Waals surface area contributed by atoms with E-state index in [-0.39, 0.29) is 22.2 Å². The summed E-state index contributed by atoms with van der Waals surface area (Å²) in [5, 5.41) is 11.4. The summed E-state index contributed by atoms with van der Waals surface area (Å²) in [6.45, 7) is 3.82. The van der Waals surface area contributed by atoms with E-state index in [2.05, 4.69) is 0 Å². The SMILES string of the molecule is CC1S[C@@H]2[C@H](N)C(=O)N2C(C(=O)[O-])=C1[N+]1(C)CCCC1. The topological polar surface area (TPSA) is 86.5 Å². The number of carboxylic acid groups (broad SMARTS) is 1. The van der Waals surface area contributed by atoms with Gasteiger partial charge in [-0.3, -0.25) is 14.2 Å². The first-order chi connectivity index (χ1) is 9.37. The summed E-state index contributed by atoms with van der Waals surface area (Å²) in [5.74, 6) is -1.57. The summed E-state index contributed by atoms with van der Waals surface area (Å²) < 4.78 is 0.600. The lowest BCUT2D eigenvalue weighted by Crippen LogP contribution is -2.71. The summed E-state index contributed by atoms with van der Waals surface area (Å²) in [6, 6.07) is -0.595. The van der Waals surface area contributed by atoms with Crippen LogP contribution >= 0.6 is 11.8 Å². The second kappa shape index (κ2) is 4.47. The van der Waals surface area contributed by atoms with Crippen molar-refractivity contribution in [3.8, 4) is 0 Å². The van der Waals surface area contributed by atoms with E-state index in [1.165, 1.54) is 4.90 Å². The van der Waals surface area contributed by atoms with Crippen molar-refractivity contribution in [1.82, 2.24) is 4.90 Å². The molecule has 1 amide bonds. The molecule has 0 aliphatic carbocycles. The maximum atomic E-state index is 11.9. The van der Waals surface area contributed by atoms with Crippen molar-refractivity contribution < 1.29 is 19.2 Å². The standard InChI is InChI=1S/C13H19N3O3S/c1-7-10(16(2)5-3-4-6-16)9(13(18)19)15-11(17)8(14)12(15)20-7/h7-8,12H,3-6,14H2,1-2H3/t7?,8-,12-/m1/s1. The van der Waals surface area contributed by atoms with Crippen molar-refractivity contribution in [2.24, 2.45) is 5.73 Å². The minimum absolute atomic E-state index is 0.0337. The maximum Gasteiger partial charge on any atom is 0.248 e. The van der Waals surface area contributed by atoms with Gasteiger partial charge in [0.2, 0.25) is 5.91 Å². The number of hydrogen-bond acceptors (Lipinski definition) is 5. The Bertz CT molecular complexity index is 513. The lowest BCUT2D eigenvalue weighted by molar-refractivity contribution is -0.861. The van der Waals surface area contributed by atoms with Gasteiger partial charge in [-0.2, -0.15) is 0 Å². The monoisotopic (exact) mass is 297 g/mol. The summed E-state index contributed by atoms with van der Waals surface area (Å²) >= 11 is 1.58. The molecule has 3 aliphatic rings. The number of fused-ring (bicyclic) bond motifs is 1. The predicted octanol–water partition coefficient (Wildman–Crippen LogP) is -1.18. The van der Waals surface area contributed by atoms with Crippen LogP contribution in [0.2, 0.25) is 0 Å². The average Bonchev–Trinajstić information content (AvgIpc) is 2.84. The van der Waals surface area contributed by atoms with Crippen LogP contribution in [0.5, 0.6) is 0 Å². The maximum absolute atomic E-state index is 11.9. The third kappa shape index (κ3) is 1.73. The number of hydrogen-bond donors (Lipinski definition) is 1. The van der Waals surface area contributed by atoms with Crippen LogP contribution in [0.15, 0.2) is 11.4 Å². The molecule has 7 heteroatoms. The Kier molecular flexibility index (Phi) is 3.11. The molecule has 2 saturated heterocycles. The van der Waals surface area contributed by atoms with E-state index >= 15 is 0 Å². The molecule has 0 aromatic rings. The summed E-state index contributed by atoms with van der Waals surface area (Å²) in [6.07, 6.45) is 2.16. The Hall–Kier alpha value is -1.05. The molecule has 0 bridgehead atoms. The lowest BCUT2D eigenvalue weighted by Gasteiger charge is -2.52. The Labute approximate surface area is 122 Å². The Balaban J connectivity index is 2.11. The lowest BCUT2D eigenvalue weighted by atomic mass is 10.0. The normalized spacial score (nSPS) is 35.9. The number of quaternary nitrogens is 1. The number of aliphatic carboxylic acids is 1. The first-order valence-corrected chi connectivity index (χ1v) is 7.86. The highest BCUT2D eigenvalue weighted by molar-refractivity contribution is 8.00. The zero-order valence-corrected chi connectivity index (χ0v) is 12.5. The average molecular weight is 297 g/mol. The van der Waals surface area contributed by atoms with Gasteiger partial charge in [0.25, 0.3) is 0 Å². The third-order valence-corrected chi connectivity index (χ3v) is 6.04. The number of carbonyl (C=O) groups excluding carboxylic acids is 2. The Morgan fingerprint density at radius 3 is 2.60 bits per heavy atom. The number of β-lactam (4-membered cyclic amide) rings is 1. The fraction of sp³-hybridized carbons (Fsp3) is 0.692. The van der Waals surface area contributed by atoms with E-state index in [4.69, 9.17) is 5.73 Å².